The van der Waals surface area contributed by atoms with E-state index in [2.05, 4.69) is 9.97 Å². The van der Waals surface area contributed by atoms with Gasteiger partial charge < -0.3 is 4.74 Å². The van der Waals surface area contributed by atoms with Gasteiger partial charge in [0.15, 0.2) is 0 Å². The molecule has 13 heavy (non-hydrogen) atoms. The van der Waals surface area contributed by atoms with Gasteiger partial charge in [-0.1, -0.05) is 0 Å². The van der Waals surface area contributed by atoms with Crippen LogP contribution in [0.15, 0.2) is 24.8 Å². The number of aromatic nitrogens is 2. The van der Waals surface area contributed by atoms with Gasteiger partial charge in [0.2, 0.25) is 0 Å². The van der Waals surface area contributed by atoms with E-state index in [9.17, 15) is 4.79 Å². The first-order chi connectivity index (χ1) is 6.33. The summed E-state index contributed by atoms with van der Waals surface area (Å²) in [6.07, 6.45) is 7.62. The Kier molecular flexibility index (Phi) is 3.63. The van der Waals surface area contributed by atoms with Gasteiger partial charge in [0, 0.05) is 24.0 Å². The lowest BCUT2D eigenvalue weighted by molar-refractivity contribution is -0.137. The summed E-state index contributed by atoms with van der Waals surface area (Å²) in [7, 11) is 0. The van der Waals surface area contributed by atoms with Crippen molar-refractivity contribution < 1.29 is 9.53 Å². The van der Waals surface area contributed by atoms with E-state index in [4.69, 9.17) is 4.74 Å². The van der Waals surface area contributed by atoms with Gasteiger partial charge in [-0.15, -0.1) is 0 Å². The van der Waals surface area contributed by atoms with Crippen LogP contribution in [-0.2, 0) is 9.53 Å². The second-order valence-electron chi connectivity index (χ2n) is 2.26. The molecule has 0 saturated heterocycles. The molecule has 0 radical (unpaired) electrons. The summed E-state index contributed by atoms with van der Waals surface area (Å²) in [6, 6.07) is 0. The quantitative estimate of drug-likeness (QED) is 0.513. The van der Waals surface area contributed by atoms with Crippen molar-refractivity contribution in [1.82, 2.24) is 9.97 Å². The van der Waals surface area contributed by atoms with Gasteiger partial charge in [-0.05, 0) is 13.0 Å². The minimum absolute atomic E-state index is 0.355. The van der Waals surface area contributed by atoms with E-state index in [-0.39, 0.29) is 5.97 Å². The van der Waals surface area contributed by atoms with E-state index in [1.165, 1.54) is 12.4 Å². The molecule has 4 nitrogen and oxygen atoms in total. The molecule has 0 N–H and O–H groups in total. The molecule has 0 atom stereocenters. The van der Waals surface area contributed by atoms with Gasteiger partial charge in [-0.2, -0.15) is 0 Å². The number of carbonyl (C=O) groups excluding carboxylic acids is 1. The molecule has 1 aromatic heterocycles. The molecule has 0 aliphatic rings. The van der Waals surface area contributed by atoms with Crippen LogP contribution in [0.4, 0.5) is 0 Å². The third kappa shape index (κ3) is 3.46. The van der Waals surface area contributed by atoms with Gasteiger partial charge in [-0.3, -0.25) is 0 Å². The first kappa shape index (κ1) is 9.38. The van der Waals surface area contributed by atoms with Crippen LogP contribution in [0.25, 0.3) is 6.08 Å². The molecule has 0 aromatic carbocycles. The largest absolute Gasteiger partial charge is 0.463 e. The predicted octanol–water partition coefficient (Wildman–Crippen LogP) is 1.05. The summed E-state index contributed by atoms with van der Waals surface area (Å²) >= 11 is 0. The van der Waals surface area contributed by atoms with Gasteiger partial charge in [0.25, 0.3) is 0 Å². The van der Waals surface area contributed by atoms with Gasteiger partial charge in [0.05, 0.1) is 6.61 Å². The van der Waals surface area contributed by atoms with Crippen molar-refractivity contribution in [3.8, 4) is 0 Å². The Balaban J connectivity index is 2.54. The molecular weight excluding hydrogens is 168 g/mol. The summed E-state index contributed by atoms with van der Waals surface area (Å²) in [4.78, 5) is 18.5. The molecule has 0 bridgehead atoms. The topological polar surface area (TPSA) is 52.1 Å². The summed E-state index contributed by atoms with van der Waals surface area (Å²) in [5, 5.41) is 0. The average Bonchev–Trinajstić information content (AvgIpc) is 2.17. The van der Waals surface area contributed by atoms with Crippen molar-refractivity contribution in [1.29, 1.82) is 0 Å². The summed E-state index contributed by atoms with van der Waals surface area (Å²) < 4.78 is 4.70. The number of hydrogen-bond acceptors (Lipinski definition) is 4. The monoisotopic (exact) mass is 178 g/mol. The summed E-state index contributed by atoms with van der Waals surface area (Å²) in [5.41, 5.74) is 0.774. The SMILES string of the molecule is CCOC(=O)C=Cc1cncnc1. The standard InChI is InChI=1S/C9H10N2O2/c1-2-13-9(12)4-3-8-5-10-7-11-6-8/h3-7H,2H2,1H3. The molecule has 1 rings (SSSR count). The number of rotatable bonds is 3. The van der Waals surface area contributed by atoms with Gasteiger partial charge in [0.1, 0.15) is 6.33 Å². The third-order valence-electron chi connectivity index (χ3n) is 1.28. The molecule has 0 spiro atoms. The molecule has 0 aliphatic heterocycles. The van der Waals surface area contributed by atoms with E-state index in [0.717, 1.165) is 5.56 Å². The Bertz CT molecular complexity index is 296. The second kappa shape index (κ2) is 5.03. The van der Waals surface area contributed by atoms with Crippen LogP contribution in [0.3, 0.4) is 0 Å². The fourth-order valence-corrected chi connectivity index (χ4v) is 0.751. The van der Waals surface area contributed by atoms with Crippen molar-refractivity contribution in [2.45, 2.75) is 6.92 Å². The molecule has 0 amide bonds. The van der Waals surface area contributed by atoms with E-state index in [0.29, 0.717) is 6.61 Å². The number of hydrogen-bond donors (Lipinski definition) is 0. The van der Waals surface area contributed by atoms with Crippen LogP contribution >= 0.6 is 0 Å². The average molecular weight is 178 g/mol. The van der Waals surface area contributed by atoms with Crippen LogP contribution in [-0.4, -0.2) is 22.5 Å². The minimum Gasteiger partial charge on any atom is -0.463 e. The Labute approximate surface area is 76.3 Å². The number of carbonyl (C=O) groups is 1. The maximum absolute atomic E-state index is 10.9. The lowest BCUT2D eigenvalue weighted by Gasteiger charge is -1.94. The van der Waals surface area contributed by atoms with E-state index < -0.39 is 0 Å². The van der Waals surface area contributed by atoms with Crippen molar-refractivity contribution in [3.05, 3.63) is 30.4 Å². The zero-order valence-corrected chi connectivity index (χ0v) is 7.30. The molecular formula is C9H10N2O2. The molecule has 1 heterocycles. The summed E-state index contributed by atoms with van der Waals surface area (Å²) in [5.74, 6) is -0.355. The maximum Gasteiger partial charge on any atom is 0.330 e. The second-order valence-corrected chi connectivity index (χ2v) is 2.26. The van der Waals surface area contributed by atoms with Crippen LogP contribution in [0.5, 0.6) is 0 Å². The highest BCUT2D eigenvalue weighted by Crippen LogP contribution is 1.96. The predicted molar refractivity (Wildman–Crippen MR) is 47.7 cm³/mol. The minimum atomic E-state index is -0.355. The van der Waals surface area contributed by atoms with E-state index in [1.807, 2.05) is 0 Å². The van der Waals surface area contributed by atoms with Crippen molar-refractivity contribution in [2.24, 2.45) is 0 Å². The number of ether oxygens (including phenoxy) is 1. The molecule has 4 heteroatoms. The highest BCUT2D eigenvalue weighted by molar-refractivity contribution is 5.86. The molecule has 68 valence electrons. The first-order valence-corrected chi connectivity index (χ1v) is 3.92. The third-order valence-corrected chi connectivity index (χ3v) is 1.28. The van der Waals surface area contributed by atoms with E-state index >= 15 is 0 Å². The van der Waals surface area contributed by atoms with Crippen molar-refractivity contribution in [3.63, 3.8) is 0 Å². The fraction of sp³-hybridized carbons (Fsp3) is 0.222. The summed E-state index contributed by atoms with van der Waals surface area (Å²) in [6.45, 7) is 2.14. The zero-order valence-electron chi connectivity index (χ0n) is 7.30. The van der Waals surface area contributed by atoms with Crippen LogP contribution < -0.4 is 0 Å². The van der Waals surface area contributed by atoms with Crippen LogP contribution in [0, 0.1) is 0 Å². The Morgan fingerprint density at radius 2 is 2.23 bits per heavy atom. The maximum atomic E-state index is 10.9. The molecule has 0 saturated carbocycles. The smallest absolute Gasteiger partial charge is 0.330 e. The molecule has 1 aromatic rings. The first-order valence-electron chi connectivity index (χ1n) is 3.92. The van der Waals surface area contributed by atoms with Crippen molar-refractivity contribution in [2.75, 3.05) is 6.61 Å². The van der Waals surface area contributed by atoms with Gasteiger partial charge in [-0.25, -0.2) is 14.8 Å². The highest BCUT2D eigenvalue weighted by atomic mass is 16.5. The fourth-order valence-electron chi connectivity index (χ4n) is 0.751. The number of nitrogens with zero attached hydrogens (tertiary/aromatic N) is 2. The zero-order chi connectivity index (χ0) is 9.52. The van der Waals surface area contributed by atoms with Crippen LogP contribution in [0.1, 0.15) is 12.5 Å². The highest BCUT2D eigenvalue weighted by Gasteiger charge is 1.92. The Morgan fingerprint density at radius 3 is 2.85 bits per heavy atom. The lowest BCUT2D eigenvalue weighted by atomic mass is 10.3. The Morgan fingerprint density at radius 1 is 1.54 bits per heavy atom. The molecule has 0 unspecified atom stereocenters. The number of esters is 1. The van der Waals surface area contributed by atoms with Crippen molar-refractivity contribution >= 4 is 12.0 Å². The van der Waals surface area contributed by atoms with Crippen LogP contribution in [0.2, 0.25) is 0 Å². The normalized spacial score (nSPS) is 10.2. The molecule has 0 aliphatic carbocycles. The van der Waals surface area contributed by atoms with E-state index in [1.54, 1.807) is 25.4 Å². The Hall–Kier alpha value is -1.71. The molecule has 0 fully saturated rings. The lowest BCUT2D eigenvalue weighted by Crippen LogP contribution is -1.98. The van der Waals surface area contributed by atoms with Gasteiger partial charge >= 0.3 is 5.97 Å².